The van der Waals surface area contributed by atoms with Gasteiger partial charge in [-0.05, 0) is 19.4 Å². The molecule has 0 aliphatic rings. The van der Waals surface area contributed by atoms with Crippen molar-refractivity contribution < 1.29 is 4.74 Å². The summed E-state index contributed by atoms with van der Waals surface area (Å²) in [6, 6.07) is 0.383. The average Bonchev–Trinajstić information content (AvgIpc) is 2.00. The molecule has 0 aromatic heterocycles. The second-order valence-corrected chi connectivity index (χ2v) is 3.11. The third-order valence-corrected chi connectivity index (χ3v) is 1.57. The number of methoxy groups -OCH3 is 1. The molecule has 0 radical (unpaired) electrons. The number of nitrogens with two attached hydrogens (primary N) is 1. The van der Waals surface area contributed by atoms with Crippen molar-refractivity contribution >= 4 is 0 Å². The van der Waals surface area contributed by atoms with Crippen molar-refractivity contribution in [1.82, 2.24) is 10.4 Å². The summed E-state index contributed by atoms with van der Waals surface area (Å²) in [7, 11) is 5.67. The van der Waals surface area contributed by atoms with Crippen LogP contribution < -0.4 is 11.2 Å². The number of hydrogen-bond acceptors (Lipinski definition) is 4. The van der Waals surface area contributed by atoms with Gasteiger partial charge in [0.15, 0.2) is 0 Å². The zero-order valence-corrected chi connectivity index (χ0v) is 8.34. The Morgan fingerprint density at radius 1 is 1.50 bits per heavy atom. The van der Waals surface area contributed by atoms with E-state index in [1.54, 1.807) is 7.11 Å². The van der Waals surface area contributed by atoms with Crippen molar-refractivity contribution in [1.29, 1.82) is 0 Å². The Hall–Kier alpha value is -0.160. The molecule has 4 nitrogen and oxygen atoms in total. The summed E-state index contributed by atoms with van der Waals surface area (Å²) in [5.74, 6) is 0. The molecule has 0 spiro atoms. The van der Waals surface area contributed by atoms with Crippen molar-refractivity contribution in [2.45, 2.75) is 18.9 Å². The first-order chi connectivity index (χ1) is 5.70. The van der Waals surface area contributed by atoms with Gasteiger partial charge in [-0.2, -0.15) is 0 Å². The van der Waals surface area contributed by atoms with Crippen molar-refractivity contribution in [3.05, 3.63) is 0 Å². The maximum atomic E-state index is 5.42. The van der Waals surface area contributed by atoms with Gasteiger partial charge < -0.3 is 10.5 Å². The third-order valence-electron chi connectivity index (χ3n) is 1.57. The fourth-order valence-electron chi connectivity index (χ4n) is 1.12. The van der Waals surface area contributed by atoms with E-state index in [-0.39, 0.29) is 0 Å². The normalized spacial score (nSPS) is 13.8. The van der Waals surface area contributed by atoms with Crippen LogP contribution in [-0.4, -0.2) is 45.4 Å². The standard InChI is InChI=1S/C8H21N3O/c1-11(2)10-8(7-12-3)5-4-6-9/h8,10H,4-7,9H2,1-3H3. The Balaban J connectivity index is 3.54. The SMILES string of the molecule is COCC(CCCN)NN(C)C. The van der Waals surface area contributed by atoms with Gasteiger partial charge in [-0.3, -0.25) is 10.4 Å². The zero-order chi connectivity index (χ0) is 9.40. The quantitative estimate of drug-likeness (QED) is 0.526. The van der Waals surface area contributed by atoms with E-state index in [1.165, 1.54) is 0 Å². The number of hydrogen-bond donors (Lipinski definition) is 2. The summed E-state index contributed by atoms with van der Waals surface area (Å²) in [5, 5.41) is 1.94. The van der Waals surface area contributed by atoms with Gasteiger partial charge in [-0.15, -0.1) is 0 Å². The molecule has 0 aromatic carbocycles. The van der Waals surface area contributed by atoms with Crippen LogP contribution in [0.2, 0.25) is 0 Å². The predicted molar refractivity (Wildman–Crippen MR) is 50.8 cm³/mol. The van der Waals surface area contributed by atoms with Gasteiger partial charge in [-0.25, -0.2) is 0 Å². The molecule has 0 aliphatic carbocycles. The zero-order valence-electron chi connectivity index (χ0n) is 8.34. The highest BCUT2D eigenvalue weighted by molar-refractivity contribution is 4.63. The number of rotatable bonds is 7. The van der Waals surface area contributed by atoms with E-state index >= 15 is 0 Å². The third kappa shape index (κ3) is 6.54. The second-order valence-electron chi connectivity index (χ2n) is 3.11. The van der Waals surface area contributed by atoms with Gasteiger partial charge in [-0.1, -0.05) is 0 Å². The lowest BCUT2D eigenvalue weighted by Gasteiger charge is -2.21. The second kappa shape index (κ2) is 7.49. The number of nitrogens with one attached hydrogen (secondary N) is 1. The molecule has 0 aliphatic heterocycles. The summed E-state index contributed by atoms with van der Waals surface area (Å²) in [6.07, 6.45) is 2.09. The molecule has 0 aromatic rings. The van der Waals surface area contributed by atoms with Crippen LogP contribution >= 0.6 is 0 Å². The molecule has 0 saturated heterocycles. The largest absolute Gasteiger partial charge is 0.383 e. The molecular formula is C8H21N3O. The van der Waals surface area contributed by atoms with E-state index in [0.29, 0.717) is 6.04 Å². The van der Waals surface area contributed by atoms with Crippen LogP contribution in [-0.2, 0) is 4.74 Å². The molecular weight excluding hydrogens is 154 g/mol. The predicted octanol–water partition coefficient (Wildman–Crippen LogP) is -0.193. The van der Waals surface area contributed by atoms with Crippen LogP contribution in [0, 0.1) is 0 Å². The van der Waals surface area contributed by atoms with Gasteiger partial charge in [0.25, 0.3) is 0 Å². The van der Waals surface area contributed by atoms with E-state index < -0.39 is 0 Å². The minimum atomic E-state index is 0.383. The maximum Gasteiger partial charge on any atom is 0.0629 e. The fourth-order valence-corrected chi connectivity index (χ4v) is 1.12. The summed E-state index contributed by atoms with van der Waals surface area (Å²) in [6.45, 7) is 1.48. The van der Waals surface area contributed by atoms with Crippen LogP contribution in [0.3, 0.4) is 0 Å². The highest BCUT2D eigenvalue weighted by atomic mass is 16.5. The van der Waals surface area contributed by atoms with Crippen LogP contribution in [0.25, 0.3) is 0 Å². The van der Waals surface area contributed by atoms with E-state index in [0.717, 1.165) is 26.0 Å². The summed E-state index contributed by atoms with van der Waals surface area (Å²) >= 11 is 0. The van der Waals surface area contributed by atoms with Crippen LogP contribution in [0.15, 0.2) is 0 Å². The molecule has 0 amide bonds. The molecule has 12 heavy (non-hydrogen) atoms. The lowest BCUT2D eigenvalue weighted by Crippen LogP contribution is -2.42. The Morgan fingerprint density at radius 3 is 2.58 bits per heavy atom. The Bertz CT molecular complexity index is 98.3. The number of ether oxygens (including phenoxy) is 1. The van der Waals surface area contributed by atoms with Gasteiger partial charge in [0, 0.05) is 27.2 Å². The topological polar surface area (TPSA) is 50.5 Å². The summed E-state index contributed by atoms with van der Waals surface area (Å²) in [5.41, 5.74) is 8.69. The lowest BCUT2D eigenvalue weighted by molar-refractivity contribution is 0.121. The average molecular weight is 175 g/mol. The Morgan fingerprint density at radius 2 is 2.17 bits per heavy atom. The molecule has 0 fully saturated rings. The Kier molecular flexibility index (Phi) is 7.39. The van der Waals surface area contributed by atoms with Crippen molar-refractivity contribution in [2.24, 2.45) is 5.73 Å². The van der Waals surface area contributed by atoms with E-state index in [9.17, 15) is 0 Å². The number of hydrazine groups is 1. The Labute approximate surface area is 75.0 Å². The number of nitrogens with zero attached hydrogens (tertiary/aromatic N) is 1. The highest BCUT2D eigenvalue weighted by Gasteiger charge is 2.07. The smallest absolute Gasteiger partial charge is 0.0629 e. The molecule has 0 bridgehead atoms. The summed E-state index contributed by atoms with van der Waals surface area (Å²) in [4.78, 5) is 0. The molecule has 0 saturated carbocycles. The van der Waals surface area contributed by atoms with Gasteiger partial charge >= 0.3 is 0 Å². The minimum absolute atomic E-state index is 0.383. The first-order valence-electron chi connectivity index (χ1n) is 4.33. The van der Waals surface area contributed by atoms with Crippen molar-refractivity contribution in [2.75, 3.05) is 34.4 Å². The monoisotopic (exact) mass is 175 g/mol. The van der Waals surface area contributed by atoms with Gasteiger partial charge in [0.05, 0.1) is 6.61 Å². The maximum absolute atomic E-state index is 5.42. The summed E-state index contributed by atoms with van der Waals surface area (Å²) < 4.78 is 5.07. The van der Waals surface area contributed by atoms with Gasteiger partial charge in [0.1, 0.15) is 0 Å². The van der Waals surface area contributed by atoms with Crippen LogP contribution in [0.5, 0.6) is 0 Å². The molecule has 74 valence electrons. The van der Waals surface area contributed by atoms with Crippen LogP contribution in [0.1, 0.15) is 12.8 Å². The molecule has 4 heteroatoms. The van der Waals surface area contributed by atoms with Gasteiger partial charge in [0.2, 0.25) is 0 Å². The highest BCUT2D eigenvalue weighted by Crippen LogP contribution is 1.96. The van der Waals surface area contributed by atoms with E-state index in [1.807, 2.05) is 19.1 Å². The molecule has 1 atom stereocenters. The fraction of sp³-hybridized carbons (Fsp3) is 1.00. The molecule has 1 unspecified atom stereocenters. The lowest BCUT2D eigenvalue weighted by atomic mass is 10.2. The van der Waals surface area contributed by atoms with E-state index in [4.69, 9.17) is 10.5 Å². The van der Waals surface area contributed by atoms with Crippen molar-refractivity contribution in [3.8, 4) is 0 Å². The molecule has 0 rings (SSSR count). The first-order valence-corrected chi connectivity index (χ1v) is 4.33. The van der Waals surface area contributed by atoms with Crippen LogP contribution in [0.4, 0.5) is 0 Å². The molecule has 0 heterocycles. The van der Waals surface area contributed by atoms with Crippen molar-refractivity contribution in [3.63, 3.8) is 0 Å². The van der Waals surface area contributed by atoms with E-state index in [2.05, 4.69) is 5.43 Å². The molecule has 3 N–H and O–H groups in total. The first kappa shape index (κ1) is 11.8. The minimum Gasteiger partial charge on any atom is -0.383 e.